The average Bonchev–Trinajstić information content (AvgIpc) is 2.13. The van der Waals surface area contributed by atoms with Gasteiger partial charge < -0.3 is 10.4 Å². The van der Waals surface area contributed by atoms with Crippen LogP contribution in [0.2, 0.25) is 0 Å². The van der Waals surface area contributed by atoms with Gasteiger partial charge in [-0.2, -0.15) is 0 Å². The third kappa shape index (κ3) is 2.19. The van der Waals surface area contributed by atoms with Gasteiger partial charge in [-0.3, -0.25) is 0 Å². The fourth-order valence-electron chi connectivity index (χ4n) is 2.14. The minimum Gasteiger partial charge on any atom is -0.387 e. The quantitative estimate of drug-likeness (QED) is 0.780. The van der Waals surface area contributed by atoms with Crippen molar-refractivity contribution in [2.45, 2.75) is 38.0 Å². The van der Waals surface area contributed by atoms with E-state index < -0.39 is 6.10 Å². The molecule has 1 aliphatic rings. The molecule has 2 atom stereocenters. The van der Waals surface area contributed by atoms with E-state index in [1.54, 1.807) is 12.1 Å². The zero-order valence-corrected chi connectivity index (χ0v) is 9.00. The maximum absolute atomic E-state index is 12.9. The lowest BCUT2D eigenvalue weighted by molar-refractivity contribution is 0.0388. The van der Waals surface area contributed by atoms with Crippen LogP contribution in [0, 0.1) is 5.82 Å². The lowest BCUT2D eigenvalue weighted by Crippen LogP contribution is -2.61. The van der Waals surface area contributed by atoms with Gasteiger partial charge in [0.15, 0.2) is 0 Å². The van der Waals surface area contributed by atoms with Crippen molar-refractivity contribution in [3.05, 3.63) is 35.6 Å². The van der Waals surface area contributed by atoms with E-state index in [1.165, 1.54) is 12.1 Å². The topological polar surface area (TPSA) is 32.3 Å². The van der Waals surface area contributed by atoms with Crippen LogP contribution in [0.5, 0.6) is 0 Å². The number of rotatable bonds is 2. The largest absolute Gasteiger partial charge is 0.387 e. The van der Waals surface area contributed by atoms with Gasteiger partial charge in [0, 0.05) is 11.6 Å². The zero-order chi connectivity index (χ0) is 11.1. The molecule has 1 aliphatic heterocycles. The maximum Gasteiger partial charge on any atom is 0.123 e. The summed E-state index contributed by atoms with van der Waals surface area (Å²) in [5, 5.41) is 13.2. The summed E-state index contributed by atoms with van der Waals surface area (Å²) in [6.45, 7) is 4.17. The molecule has 1 heterocycles. The Bertz CT molecular complexity index is 356. The van der Waals surface area contributed by atoms with Crippen LogP contribution in [0.4, 0.5) is 4.39 Å². The third-order valence-electron chi connectivity index (χ3n) is 2.88. The molecule has 82 valence electrons. The van der Waals surface area contributed by atoms with E-state index in [1.807, 2.05) is 0 Å². The Balaban J connectivity index is 2.06. The van der Waals surface area contributed by atoms with Crippen molar-refractivity contribution in [1.82, 2.24) is 5.32 Å². The van der Waals surface area contributed by atoms with Crippen molar-refractivity contribution in [2.75, 3.05) is 0 Å². The van der Waals surface area contributed by atoms with Crippen LogP contribution in [-0.4, -0.2) is 16.7 Å². The molecular formula is C12H16FNO. The van der Waals surface area contributed by atoms with Gasteiger partial charge in [-0.05, 0) is 38.0 Å². The molecule has 0 bridgehead atoms. The van der Waals surface area contributed by atoms with E-state index in [-0.39, 0.29) is 17.4 Å². The molecule has 1 aromatic carbocycles. The molecule has 0 spiro atoms. The van der Waals surface area contributed by atoms with Crippen molar-refractivity contribution >= 4 is 0 Å². The first-order chi connectivity index (χ1) is 6.98. The molecule has 15 heavy (non-hydrogen) atoms. The smallest absolute Gasteiger partial charge is 0.123 e. The number of benzene rings is 1. The van der Waals surface area contributed by atoms with E-state index in [4.69, 9.17) is 0 Å². The van der Waals surface area contributed by atoms with Crippen molar-refractivity contribution in [1.29, 1.82) is 0 Å². The first kappa shape index (κ1) is 10.6. The molecule has 2 nitrogen and oxygen atoms in total. The van der Waals surface area contributed by atoms with Crippen LogP contribution < -0.4 is 5.32 Å². The molecule has 2 rings (SSSR count). The van der Waals surface area contributed by atoms with Gasteiger partial charge in [-0.1, -0.05) is 12.1 Å². The Morgan fingerprint density at radius 2 is 2.20 bits per heavy atom. The number of aliphatic hydroxyl groups is 1. The summed E-state index contributed by atoms with van der Waals surface area (Å²) in [6, 6.07) is 6.19. The second kappa shape index (κ2) is 3.58. The Hall–Kier alpha value is -0.930. The van der Waals surface area contributed by atoms with Gasteiger partial charge in [0.2, 0.25) is 0 Å². The van der Waals surface area contributed by atoms with Crippen LogP contribution in [0.25, 0.3) is 0 Å². The van der Waals surface area contributed by atoms with Gasteiger partial charge in [0.25, 0.3) is 0 Å². The zero-order valence-electron chi connectivity index (χ0n) is 9.00. The van der Waals surface area contributed by atoms with E-state index >= 15 is 0 Å². The average molecular weight is 209 g/mol. The summed E-state index contributed by atoms with van der Waals surface area (Å²) < 4.78 is 12.9. The SMILES string of the molecule is CC1(C)C[C@@H]([C@H](O)c2cccc(F)c2)N1. The molecular weight excluding hydrogens is 193 g/mol. The maximum atomic E-state index is 12.9. The van der Waals surface area contributed by atoms with Crippen molar-refractivity contribution < 1.29 is 9.50 Å². The normalized spacial score (nSPS) is 25.7. The molecule has 0 aromatic heterocycles. The van der Waals surface area contributed by atoms with Crippen molar-refractivity contribution in [2.24, 2.45) is 0 Å². The predicted molar refractivity (Wildman–Crippen MR) is 57.0 cm³/mol. The molecule has 0 amide bonds. The van der Waals surface area contributed by atoms with E-state index in [2.05, 4.69) is 19.2 Å². The standard InChI is InChI=1S/C12H16FNO/c1-12(2)7-10(14-12)11(15)8-4-3-5-9(13)6-8/h3-6,10-11,14-15H,7H2,1-2H3/t10-,11+/m0/s1. The highest BCUT2D eigenvalue weighted by Crippen LogP contribution is 2.32. The third-order valence-corrected chi connectivity index (χ3v) is 2.88. The van der Waals surface area contributed by atoms with Crippen LogP contribution in [0.1, 0.15) is 31.9 Å². The Morgan fingerprint density at radius 1 is 1.53 bits per heavy atom. The fourth-order valence-corrected chi connectivity index (χ4v) is 2.14. The van der Waals surface area contributed by atoms with Crippen molar-refractivity contribution in [3.63, 3.8) is 0 Å². The van der Waals surface area contributed by atoms with Crippen LogP contribution in [0.3, 0.4) is 0 Å². The minimum absolute atomic E-state index is 0.0433. The van der Waals surface area contributed by atoms with Gasteiger partial charge in [-0.25, -0.2) is 4.39 Å². The van der Waals surface area contributed by atoms with E-state index in [0.717, 1.165) is 6.42 Å². The van der Waals surface area contributed by atoms with E-state index in [9.17, 15) is 9.50 Å². The first-order valence-electron chi connectivity index (χ1n) is 5.19. The molecule has 3 heteroatoms. The van der Waals surface area contributed by atoms with E-state index in [0.29, 0.717) is 5.56 Å². The monoisotopic (exact) mass is 209 g/mol. The first-order valence-corrected chi connectivity index (χ1v) is 5.19. The molecule has 0 unspecified atom stereocenters. The fraction of sp³-hybridized carbons (Fsp3) is 0.500. The summed E-state index contributed by atoms with van der Waals surface area (Å²) in [7, 11) is 0. The number of nitrogens with one attached hydrogen (secondary N) is 1. The highest BCUT2D eigenvalue weighted by atomic mass is 19.1. The molecule has 0 radical (unpaired) electrons. The number of aliphatic hydroxyl groups excluding tert-OH is 1. The molecule has 2 N–H and O–H groups in total. The van der Waals surface area contributed by atoms with Crippen molar-refractivity contribution in [3.8, 4) is 0 Å². The summed E-state index contributed by atoms with van der Waals surface area (Å²) in [6.07, 6.45) is 0.290. The Labute approximate surface area is 89.1 Å². The highest BCUT2D eigenvalue weighted by Gasteiger charge is 2.39. The van der Waals surface area contributed by atoms with Crippen LogP contribution in [-0.2, 0) is 0 Å². The van der Waals surface area contributed by atoms with Gasteiger partial charge in [0.05, 0.1) is 6.10 Å². The summed E-state index contributed by atoms with van der Waals surface area (Å²) >= 11 is 0. The molecule has 0 saturated carbocycles. The number of hydrogen-bond donors (Lipinski definition) is 2. The molecule has 0 aliphatic carbocycles. The lowest BCUT2D eigenvalue weighted by Gasteiger charge is -2.46. The number of hydrogen-bond acceptors (Lipinski definition) is 2. The molecule has 1 aromatic rings. The lowest BCUT2D eigenvalue weighted by atomic mass is 9.80. The van der Waals surface area contributed by atoms with Crippen LogP contribution >= 0.6 is 0 Å². The Kier molecular flexibility index (Phi) is 2.52. The predicted octanol–water partition coefficient (Wildman–Crippen LogP) is 2.00. The van der Waals surface area contributed by atoms with Gasteiger partial charge in [-0.15, -0.1) is 0 Å². The summed E-state index contributed by atoms with van der Waals surface area (Å²) in [5.41, 5.74) is 0.738. The second-order valence-electron chi connectivity index (χ2n) is 4.84. The second-order valence-corrected chi connectivity index (χ2v) is 4.84. The van der Waals surface area contributed by atoms with Gasteiger partial charge in [0.1, 0.15) is 5.82 Å². The molecule has 1 fully saturated rings. The number of halogens is 1. The van der Waals surface area contributed by atoms with Gasteiger partial charge >= 0.3 is 0 Å². The Morgan fingerprint density at radius 3 is 2.73 bits per heavy atom. The summed E-state index contributed by atoms with van der Waals surface area (Å²) in [4.78, 5) is 0. The molecule has 1 saturated heterocycles. The minimum atomic E-state index is -0.617. The summed E-state index contributed by atoms with van der Waals surface area (Å²) in [5.74, 6) is -0.301. The van der Waals surface area contributed by atoms with Crippen LogP contribution in [0.15, 0.2) is 24.3 Å². The highest BCUT2D eigenvalue weighted by molar-refractivity contribution is 5.22.